The maximum Gasteiger partial charge on any atom is 0.194 e. The molecule has 0 aliphatic rings. The van der Waals surface area contributed by atoms with Crippen molar-refractivity contribution in [2.75, 3.05) is 0 Å². The zero-order valence-corrected chi connectivity index (χ0v) is 9.50. The van der Waals surface area contributed by atoms with Crippen LogP contribution in [0.25, 0.3) is 0 Å². The molecule has 1 aromatic rings. The van der Waals surface area contributed by atoms with E-state index in [-0.39, 0.29) is 17.6 Å². The van der Waals surface area contributed by atoms with Gasteiger partial charge in [-0.05, 0) is 29.0 Å². The molecule has 1 rings (SSSR count). The second kappa shape index (κ2) is 4.09. The van der Waals surface area contributed by atoms with Crippen molar-refractivity contribution in [1.82, 2.24) is 0 Å². The highest BCUT2D eigenvalue weighted by atomic mass is 19.1. The van der Waals surface area contributed by atoms with Crippen LogP contribution in [0.5, 0.6) is 11.5 Å². The standard InChI is InChI=1S/C12H17FO2/c1-6(2)8-5-9(14)12(15)11(13)10(8)7(3)4/h5-7,14-15H,1-4H3. The minimum atomic E-state index is -0.700. The molecular weight excluding hydrogens is 195 g/mol. The molecule has 2 nitrogen and oxygen atoms in total. The van der Waals surface area contributed by atoms with Gasteiger partial charge < -0.3 is 10.2 Å². The number of aromatic hydroxyl groups is 2. The summed E-state index contributed by atoms with van der Waals surface area (Å²) in [7, 11) is 0. The summed E-state index contributed by atoms with van der Waals surface area (Å²) in [5.74, 6) is -1.64. The van der Waals surface area contributed by atoms with Crippen LogP contribution in [0.2, 0.25) is 0 Å². The number of phenols is 2. The molecule has 0 aliphatic heterocycles. The van der Waals surface area contributed by atoms with E-state index in [2.05, 4.69) is 0 Å². The Morgan fingerprint density at radius 1 is 1.07 bits per heavy atom. The molecule has 3 heteroatoms. The van der Waals surface area contributed by atoms with Crippen LogP contribution in [-0.4, -0.2) is 10.2 Å². The van der Waals surface area contributed by atoms with Crippen LogP contribution in [0, 0.1) is 5.82 Å². The number of halogens is 1. The van der Waals surface area contributed by atoms with Crippen molar-refractivity contribution in [3.63, 3.8) is 0 Å². The third-order valence-corrected chi connectivity index (χ3v) is 2.49. The minimum Gasteiger partial charge on any atom is -0.504 e. The Labute approximate surface area is 89.4 Å². The molecule has 0 amide bonds. The maximum atomic E-state index is 13.7. The highest BCUT2D eigenvalue weighted by molar-refractivity contribution is 5.49. The molecule has 0 saturated carbocycles. The number of benzene rings is 1. The average Bonchev–Trinajstić information content (AvgIpc) is 2.12. The number of hydrogen-bond acceptors (Lipinski definition) is 2. The molecule has 15 heavy (non-hydrogen) atoms. The Morgan fingerprint density at radius 3 is 2.00 bits per heavy atom. The topological polar surface area (TPSA) is 40.5 Å². The maximum absolute atomic E-state index is 13.7. The van der Waals surface area contributed by atoms with Crippen molar-refractivity contribution in [2.24, 2.45) is 0 Å². The predicted molar refractivity (Wildman–Crippen MR) is 57.9 cm³/mol. The lowest BCUT2D eigenvalue weighted by atomic mass is 9.89. The van der Waals surface area contributed by atoms with Crippen molar-refractivity contribution >= 4 is 0 Å². The van der Waals surface area contributed by atoms with Crippen molar-refractivity contribution in [1.29, 1.82) is 0 Å². The van der Waals surface area contributed by atoms with Crippen LogP contribution in [0.4, 0.5) is 4.39 Å². The van der Waals surface area contributed by atoms with E-state index in [0.29, 0.717) is 5.56 Å². The van der Waals surface area contributed by atoms with Crippen LogP contribution in [0.15, 0.2) is 6.07 Å². The first kappa shape index (κ1) is 11.8. The van der Waals surface area contributed by atoms with Gasteiger partial charge in [0.25, 0.3) is 0 Å². The largest absolute Gasteiger partial charge is 0.504 e. The van der Waals surface area contributed by atoms with Gasteiger partial charge in [-0.3, -0.25) is 0 Å². The normalized spacial score (nSPS) is 11.4. The van der Waals surface area contributed by atoms with Gasteiger partial charge in [0, 0.05) is 0 Å². The number of hydrogen-bond donors (Lipinski definition) is 2. The van der Waals surface area contributed by atoms with Gasteiger partial charge in [-0.2, -0.15) is 0 Å². The molecule has 0 unspecified atom stereocenters. The molecule has 0 saturated heterocycles. The van der Waals surface area contributed by atoms with Gasteiger partial charge in [0.1, 0.15) is 0 Å². The lowest BCUT2D eigenvalue weighted by Crippen LogP contribution is -2.02. The van der Waals surface area contributed by atoms with Crippen LogP contribution in [0.1, 0.15) is 50.7 Å². The summed E-state index contributed by atoms with van der Waals surface area (Å²) in [4.78, 5) is 0. The summed E-state index contributed by atoms with van der Waals surface area (Å²) in [6.07, 6.45) is 0. The average molecular weight is 212 g/mol. The van der Waals surface area contributed by atoms with Crippen LogP contribution >= 0.6 is 0 Å². The monoisotopic (exact) mass is 212 g/mol. The predicted octanol–water partition coefficient (Wildman–Crippen LogP) is 3.48. The Kier molecular flexibility index (Phi) is 3.22. The van der Waals surface area contributed by atoms with E-state index in [9.17, 15) is 14.6 Å². The highest BCUT2D eigenvalue weighted by Gasteiger charge is 2.20. The van der Waals surface area contributed by atoms with E-state index in [1.807, 2.05) is 27.7 Å². The number of phenolic OH excluding ortho intramolecular Hbond substituents is 2. The first-order valence-corrected chi connectivity index (χ1v) is 5.10. The summed E-state index contributed by atoms with van der Waals surface area (Å²) in [5.41, 5.74) is 1.23. The summed E-state index contributed by atoms with van der Waals surface area (Å²) < 4.78 is 13.7. The Balaban J connectivity index is 3.51. The van der Waals surface area contributed by atoms with Gasteiger partial charge in [0.05, 0.1) is 0 Å². The summed E-state index contributed by atoms with van der Waals surface area (Å²) in [6.45, 7) is 7.58. The van der Waals surface area contributed by atoms with E-state index < -0.39 is 11.6 Å². The van der Waals surface area contributed by atoms with E-state index >= 15 is 0 Å². The molecule has 0 bridgehead atoms. The molecule has 0 aliphatic carbocycles. The lowest BCUT2D eigenvalue weighted by Gasteiger charge is -2.18. The van der Waals surface area contributed by atoms with E-state index in [4.69, 9.17) is 0 Å². The first-order valence-electron chi connectivity index (χ1n) is 5.10. The molecule has 2 N–H and O–H groups in total. The second-order valence-electron chi connectivity index (χ2n) is 4.37. The second-order valence-corrected chi connectivity index (χ2v) is 4.37. The fraction of sp³-hybridized carbons (Fsp3) is 0.500. The molecule has 0 atom stereocenters. The zero-order chi connectivity index (χ0) is 11.7. The van der Waals surface area contributed by atoms with Crippen molar-refractivity contribution < 1.29 is 14.6 Å². The zero-order valence-electron chi connectivity index (χ0n) is 9.50. The quantitative estimate of drug-likeness (QED) is 0.737. The van der Waals surface area contributed by atoms with E-state index in [1.165, 1.54) is 6.07 Å². The molecule has 0 fully saturated rings. The Morgan fingerprint density at radius 2 is 1.60 bits per heavy atom. The molecule has 0 spiro atoms. The molecule has 1 aromatic carbocycles. The summed E-state index contributed by atoms with van der Waals surface area (Å²) in [5, 5.41) is 18.7. The molecular formula is C12H17FO2. The summed E-state index contributed by atoms with van der Waals surface area (Å²) >= 11 is 0. The molecule has 0 radical (unpaired) electrons. The first-order chi connectivity index (χ1) is 6.86. The third-order valence-electron chi connectivity index (χ3n) is 2.49. The lowest BCUT2D eigenvalue weighted by molar-refractivity contribution is 0.374. The van der Waals surface area contributed by atoms with Crippen LogP contribution in [0.3, 0.4) is 0 Å². The van der Waals surface area contributed by atoms with Gasteiger partial charge in [-0.15, -0.1) is 0 Å². The molecule has 0 heterocycles. The Bertz CT molecular complexity index is 370. The highest BCUT2D eigenvalue weighted by Crippen LogP contribution is 2.38. The molecule has 84 valence electrons. The minimum absolute atomic E-state index is 0.0195. The van der Waals surface area contributed by atoms with Crippen molar-refractivity contribution in [3.05, 3.63) is 23.0 Å². The van der Waals surface area contributed by atoms with E-state index in [0.717, 1.165) is 5.56 Å². The van der Waals surface area contributed by atoms with Gasteiger partial charge >= 0.3 is 0 Å². The van der Waals surface area contributed by atoms with Crippen molar-refractivity contribution in [2.45, 2.75) is 39.5 Å². The van der Waals surface area contributed by atoms with Gasteiger partial charge in [0.2, 0.25) is 0 Å². The Hall–Kier alpha value is -1.25. The third kappa shape index (κ3) is 2.06. The fourth-order valence-electron chi connectivity index (χ4n) is 1.72. The SMILES string of the molecule is CC(C)c1cc(O)c(O)c(F)c1C(C)C. The van der Waals surface area contributed by atoms with Gasteiger partial charge in [-0.1, -0.05) is 27.7 Å². The van der Waals surface area contributed by atoms with Crippen molar-refractivity contribution in [3.8, 4) is 11.5 Å². The summed E-state index contributed by atoms with van der Waals surface area (Å²) in [6, 6.07) is 1.44. The smallest absolute Gasteiger partial charge is 0.194 e. The molecule has 0 aromatic heterocycles. The van der Waals surface area contributed by atoms with Gasteiger partial charge in [0.15, 0.2) is 17.3 Å². The van der Waals surface area contributed by atoms with E-state index in [1.54, 1.807) is 0 Å². The van der Waals surface area contributed by atoms with Crippen LogP contribution in [-0.2, 0) is 0 Å². The number of rotatable bonds is 2. The fourth-order valence-corrected chi connectivity index (χ4v) is 1.72. The van der Waals surface area contributed by atoms with Crippen LogP contribution < -0.4 is 0 Å². The van der Waals surface area contributed by atoms with Gasteiger partial charge in [-0.25, -0.2) is 4.39 Å².